The molecule has 0 unspecified atom stereocenters. The van der Waals surface area contributed by atoms with Gasteiger partial charge < -0.3 is 10.2 Å². The van der Waals surface area contributed by atoms with Crippen LogP contribution in [0.1, 0.15) is 50.6 Å². The second-order valence-electron chi connectivity index (χ2n) is 7.67. The number of nitrogens with zero attached hydrogens (tertiary/aromatic N) is 2. The Hall–Kier alpha value is -1.46. The molecule has 1 amide bonds. The van der Waals surface area contributed by atoms with Crippen LogP contribution in [0, 0.1) is 11.7 Å². The number of amides is 1. The molecule has 0 saturated carbocycles. The third kappa shape index (κ3) is 5.04. The Balaban J connectivity index is 1.54. The van der Waals surface area contributed by atoms with E-state index in [0.29, 0.717) is 24.4 Å². The Morgan fingerprint density at radius 2 is 1.88 bits per heavy atom. The van der Waals surface area contributed by atoms with Gasteiger partial charge in [-0.2, -0.15) is 0 Å². The highest BCUT2D eigenvalue weighted by Gasteiger charge is 2.27. The quantitative estimate of drug-likeness (QED) is 0.810. The molecule has 144 valence electrons. The number of hydrogen-bond acceptors (Lipinski definition) is 3. The predicted octanol–water partition coefficient (Wildman–Crippen LogP) is 3.20. The number of hydrogen-bond donors (Lipinski definition) is 1. The van der Waals surface area contributed by atoms with Gasteiger partial charge in [0.05, 0.1) is 6.04 Å². The van der Waals surface area contributed by atoms with Crippen LogP contribution in [-0.2, 0) is 4.79 Å². The van der Waals surface area contributed by atoms with Crippen LogP contribution in [-0.4, -0.2) is 55.0 Å². The molecule has 2 aliphatic heterocycles. The summed E-state index contributed by atoms with van der Waals surface area (Å²) in [7, 11) is 0. The fourth-order valence-electron chi connectivity index (χ4n) is 4.29. The normalized spacial score (nSPS) is 21.0. The smallest absolute Gasteiger partial charge is 0.220 e. The zero-order chi connectivity index (χ0) is 18.4. The maximum Gasteiger partial charge on any atom is 0.220 e. The van der Waals surface area contributed by atoms with Crippen molar-refractivity contribution >= 4 is 5.91 Å². The van der Waals surface area contributed by atoms with E-state index in [1.54, 1.807) is 6.07 Å². The largest absolute Gasteiger partial charge is 0.354 e. The summed E-state index contributed by atoms with van der Waals surface area (Å²) in [6.07, 6.45) is 5.10. The molecular formula is C21H32FN3O. The average Bonchev–Trinajstić information content (AvgIpc) is 3.18. The molecule has 26 heavy (non-hydrogen) atoms. The summed E-state index contributed by atoms with van der Waals surface area (Å²) in [6, 6.07) is 6.91. The van der Waals surface area contributed by atoms with Crippen molar-refractivity contribution in [3.8, 4) is 0 Å². The highest BCUT2D eigenvalue weighted by atomic mass is 19.1. The Bertz CT molecular complexity index is 580. The van der Waals surface area contributed by atoms with Crippen molar-refractivity contribution in [2.75, 3.05) is 39.3 Å². The van der Waals surface area contributed by atoms with Crippen LogP contribution >= 0.6 is 0 Å². The maximum absolute atomic E-state index is 14.3. The first-order valence-corrected chi connectivity index (χ1v) is 10.1. The standard InChI is InChI=1S/C21H32FN3O/c1-2-24-13-9-17(10-14-24)15-21(26)23-16-20(25-11-5-6-12-25)18-7-3-4-8-19(18)22/h3-4,7-8,17,20H,2,5-6,9-16H2,1H3,(H,23,26)/t20-/m0/s1. The zero-order valence-corrected chi connectivity index (χ0v) is 15.9. The third-order valence-corrected chi connectivity index (χ3v) is 5.97. The Kier molecular flexibility index (Phi) is 7.03. The number of carbonyl (C=O) groups is 1. The first-order valence-electron chi connectivity index (χ1n) is 10.1. The molecule has 2 aliphatic rings. The van der Waals surface area contributed by atoms with Gasteiger partial charge >= 0.3 is 0 Å². The lowest BCUT2D eigenvalue weighted by molar-refractivity contribution is -0.122. The van der Waals surface area contributed by atoms with E-state index in [1.165, 1.54) is 6.07 Å². The van der Waals surface area contributed by atoms with Crippen molar-refractivity contribution in [2.45, 2.75) is 45.1 Å². The lowest BCUT2D eigenvalue weighted by Gasteiger charge is -2.31. The molecule has 4 nitrogen and oxygen atoms in total. The van der Waals surface area contributed by atoms with Crippen molar-refractivity contribution in [1.29, 1.82) is 0 Å². The van der Waals surface area contributed by atoms with Gasteiger partial charge in [-0.3, -0.25) is 9.69 Å². The molecule has 1 aromatic carbocycles. The van der Waals surface area contributed by atoms with Crippen LogP contribution in [0.15, 0.2) is 24.3 Å². The molecule has 1 atom stereocenters. The number of carbonyl (C=O) groups excluding carboxylic acids is 1. The van der Waals surface area contributed by atoms with E-state index in [2.05, 4.69) is 22.0 Å². The van der Waals surface area contributed by atoms with E-state index < -0.39 is 0 Å². The van der Waals surface area contributed by atoms with Crippen molar-refractivity contribution in [3.63, 3.8) is 0 Å². The van der Waals surface area contributed by atoms with Crippen LogP contribution in [0.25, 0.3) is 0 Å². The lowest BCUT2D eigenvalue weighted by atomic mass is 9.93. The summed E-state index contributed by atoms with van der Waals surface area (Å²) < 4.78 is 14.3. The van der Waals surface area contributed by atoms with Gasteiger partial charge in [0.1, 0.15) is 5.82 Å². The number of likely N-dealkylation sites (tertiary alicyclic amines) is 2. The molecule has 2 heterocycles. The van der Waals surface area contributed by atoms with Crippen molar-refractivity contribution in [2.24, 2.45) is 5.92 Å². The molecule has 1 N–H and O–H groups in total. The third-order valence-electron chi connectivity index (χ3n) is 5.97. The lowest BCUT2D eigenvalue weighted by Crippen LogP contribution is -2.39. The number of rotatable bonds is 7. The van der Waals surface area contributed by atoms with Crippen LogP contribution in [0.4, 0.5) is 4.39 Å². The van der Waals surface area contributed by atoms with Gasteiger partial charge in [-0.1, -0.05) is 25.1 Å². The topological polar surface area (TPSA) is 35.6 Å². The second kappa shape index (κ2) is 9.47. The van der Waals surface area contributed by atoms with Crippen molar-refractivity contribution in [3.05, 3.63) is 35.6 Å². The molecule has 0 aromatic heterocycles. The zero-order valence-electron chi connectivity index (χ0n) is 15.9. The molecule has 5 heteroatoms. The number of piperidine rings is 1. The highest BCUT2D eigenvalue weighted by molar-refractivity contribution is 5.76. The van der Waals surface area contributed by atoms with Gasteiger partial charge in [0, 0.05) is 18.5 Å². The number of benzene rings is 1. The Labute approximate surface area is 156 Å². The summed E-state index contributed by atoms with van der Waals surface area (Å²) >= 11 is 0. The van der Waals surface area contributed by atoms with E-state index in [-0.39, 0.29) is 17.8 Å². The molecule has 2 fully saturated rings. The average molecular weight is 362 g/mol. The molecule has 1 aromatic rings. The molecular weight excluding hydrogens is 329 g/mol. The van der Waals surface area contributed by atoms with Gasteiger partial charge in [-0.15, -0.1) is 0 Å². The molecule has 0 radical (unpaired) electrons. The van der Waals surface area contributed by atoms with Crippen LogP contribution < -0.4 is 5.32 Å². The fraction of sp³-hybridized carbons (Fsp3) is 0.667. The summed E-state index contributed by atoms with van der Waals surface area (Å²) in [6.45, 7) is 7.93. The Morgan fingerprint density at radius 1 is 1.19 bits per heavy atom. The fourth-order valence-corrected chi connectivity index (χ4v) is 4.29. The predicted molar refractivity (Wildman–Crippen MR) is 102 cm³/mol. The van der Waals surface area contributed by atoms with Crippen LogP contribution in [0.5, 0.6) is 0 Å². The summed E-state index contributed by atoms with van der Waals surface area (Å²) in [5.74, 6) is 0.419. The van der Waals surface area contributed by atoms with Gasteiger partial charge in [0.25, 0.3) is 0 Å². The number of nitrogens with one attached hydrogen (secondary N) is 1. The monoisotopic (exact) mass is 361 g/mol. The second-order valence-corrected chi connectivity index (χ2v) is 7.67. The maximum atomic E-state index is 14.3. The minimum atomic E-state index is -0.175. The Morgan fingerprint density at radius 3 is 2.54 bits per heavy atom. The minimum Gasteiger partial charge on any atom is -0.354 e. The number of halogens is 1. The summed E-state index contributed by atoms with van der Waals surface area (Å²) in [5, 5.41) is 3.10. The van der Waals surface area contributed by atoms with E-state index in [0.717, 1.165) is 58.4 Å². The minimum absolute atomic E-state index is 0.0652. The molecule has 0 bridgehead atoms. The van der Waals surface area contributed by atoms with Crippen LogP contribution in [0.3, 0.4) is 0 Å². The van der Waals surface area contributed by atoms with Crippen molar-refractivity contribution < 1.29 is 9.18 Å². The van der Waals surface area contributed by atoms with E-state index in [4.69, 9.17) is 0 Å². The van der Waals surface area contributed by atoms with E-state index in [9.17, 15) is 9.18 Å². The molecule has 0 spiro atoms. The molecule has 3 rings (SSSR count). The van der Waals surface area contributed by atoms with E-state index >= 15 is 0 Å². The summed E-state index contributed by atoms with van der Waals surface area (Å²) in [5.41, 5.74) is 0.700. The SMILES string of the molecule is CCN1CCC(CC(=O)NC[C@@H](c2ccccc2F)N2CCCC2)CC1. The molecule has 2 saturated heterocycles. The first-order chi connectivity index (χ1) is 12.7. The van der Waals surface area contributed by atoms with Crippen LogP contribution in [0.2, 0.25) is 0 Å². The highest BCUT2D eigenvalue weighted by Crippen LogP contribution is 2.27. The van der Waals surface area contributed by atoms with Gasteiger partial charge in [0.15, 0.2) is 0 Å². The first kappa shape index (κ1) is 19.3. The van der Waals surface area contributed by atoms with E-state index in [1.807, 2.05) is 12.1 Å². The van der Waals surface area contributed by atoms with Gasteiger partial charge in [-0.05, 0) is 70.4 Å². The van der Waals surface area contributed by atoms with Crippen molar-refractivity contribution in [1.82, 2.24) is 15.1 Å². The summed E-state index contributed by atoms with van der Waals surface area (Å²) in [4.78, 5) is 17.2. The molecule has 0 aliphatic carbocycles. The van der Waals surface area contributed by atoms with Gasteiger partial charge in [-0.25, -0.2) is 4.39 Å². The van der Waals surface area contributed by atoms with Gasteiger partial charge in [0.2, 0.25) is 5.91 Å².